The number of aliphatic hydroxyl groups is 2. The molecule has 2 aliphatic rings. The average Bonchev–Trinajstić information content (AvgIpc) is 3.57. The molecule has 2 fully saturated rings. The highest BCUT2D eigenvalue weighted by atomic mass is 16.3. The lowest BCUT2D eigenvalue weighted by Crippen LogP contribution is -2.33. The minimum Gasteiger partial charge on any atom is -0.394 e. The van der Waals surface area contributed by atoms with Crippen molar-refractivity contribution in [3.05, 3.63) is 0 Å². The molecule has 2 aliphatic heterocycles. The summed E-state index contributed by atoms with van der Waals surface area (Å²) in [5, 5.41) is 20.1. The van der Waals surface area contributed by atoms with Crippen LogP contribution in [0.25, 0.3) is 0 Å². The second kappa shape index (κ2) is 32.1. The van der Waals surface area contributed by atoms with Crippen LogP contribution < -0.4 is 5.32 Å². The molecule has 0 aliphatic carbocycles. The summed E-state index contributed by atoms with van der Waals surface area (Å²) < 4.78 is 0. The summed E-state index contributed by atoms with van der Waals surface area (Å²) in [4.78, 5) is 9.66. The molecule has 0 radical (unpaired) electrons. The maximum atomic E-state index is 8.79. The van der Waals surface area contributed by atoms with E-state index in [-0.39, 0.29) is 21.5 Å². The van der Waals surface area contributed by atoms with Crippen molar-refractivity contribution in [1.82, 2.24) is 24.9 Å². The Hall–Kier alpha value is -0.280. The Morgan fingerprint density at radius 3 is 1.36 bits per heavy atom. The summed E-state index contributed by atoms with van der Waals surface area (Å²) in [6, 6.07) is 3.30. The molecule has 0 amide bonds. The first-order valence-corrected chi connectivity index (χ1v) is 16.4. The van der Waals surface area contributed by atoms with Gasteiger partial charge in [0.1, 0.15) is 0 Å². The number of hydrogen-bond donors (Lipinski definition) is 3. The van der Waals surface area contributed by atoms with E-state index >= 15 is 0 Å². The van der Waals surface area contributed by atoms with E-state index in [1.165, 1.54) is 58.5 Å². The van der Waals surface area contributed by atoms with E-state index in [2.05, 4.69) is 115 Å². The molecule has 0 saturated carbocycles. The van der Waals surface area contributed by atoms with E-state index in [0.29, 0.717) is 24.7 Å². The third-order valence-electron chi connectivity index (χ3n) is 7.60. The van der Waals surface area contributed by atoms with Gasteiger partial charge in [-0.15, -0.1) is 0 Å². The zero-order valence-electron chi connectivity index (χ0n) is 30.0. The molecule has 2 rings (SSSR count). The molecular weight excluding hydrogens is 522 g/mol. The fourth-order valence-electron chi connectivity index (χ4n) is 4.09. The van der Waals surface area contributed by atoms with Gasteiger partial charge in [0.25, 0.3) is 0 Å². The number of likely N-dealkylation sites (tertiary alicyclic amines) is 2. The van der Waals surface area contributed by atoms with Crippen molar-refractivity contribution in [3.8, 4) is 0 Å². The maximum absolute atomic E-state index is 8.79. The molecule has 0 aromatic carbocycles. The van der Waals surface area contributed by atoms with Crippen molar-refractivity contribution in [1.29, 1.82) is 0 Å². The first-order valence-electron chi connectivity index (χ1n) is 16.4. The van der Waals surface area contributed by atoms with Gasteiger partial charge >= 0.3 is 0 Å². The number of nitrogens with one attached hydrogen (secondary N) is 1. The number of aliphatic hydroxyl groups excluding tert-OH is 2. The Balaban J connectivity index is -0.000000135. The first kappa shape index (κ1) is 51.3. The van der Waals surface area contributed by atoms with Gasteiger partial charge in [-0.05, 0) is 127 Å². The predicted octanol–water partition coefficient (Wildman–Crippen LogP) is 6.53. The summed E-state index contributed by atoms with van der Waals surface area (Å²) in [6.07, 6.45) is 3.61. The number of rotatable bonds is 10. The molecule has 7 nitrogen and oxygen atoms in total. The van der Waals surface area contributed by atoms with E-state index in [0.717, 1.165) is 18.0 Å². The van der Waals surface area contributed by atoms with Crippen molar-refractivity contribution >= 4 is 0 Å². The van der Waals surface area contributed by atoms with Crippen LogP contribution in [0.4, 0.5) is 0 Å². The zero-order chi connectivity index (χ0) is 31.8. The lowest BCUT2D eigenvalue weighted by molar-refractivity contribution is 0.0928. The molecular formula is C35H85N5O2. The first-order chi connectivity index (χ1) is 18.5. The average molecular weight is 608 g/mol. The van der Waals surface area contributed by atoms with Gasteiger partial charge in [0.15, 0.2) is 0 Å². The minimum absolute atomic E-state index is 0. The summed E-state index contributed by atoms with van der Waals surface area (Å²) in [7, 11) is 4.15. The molecule has 2 unspecified atom stereocenters. The van der Waals surface area contributed by atoms with E-state index in [1.54, 1.807) is 0 Å². The van der Waals surface area contributed by atoms with Crippen LogP contribution in [0.15, 0.2) is 0 Å². The molecule has 2 saturated heterocycles. The summed E-state index contributed by atoms with van der Waals surface area (Å²) >= 11 is 0. The predicted molar refractivity (Wildman–Crippen MR) is 193 cm³/mol. The summed E-state index contributed by atoms with van der Waals surface area (Å²) in [5.74, 6) is 0.937. The zero-order valence-corrected chi connectivity index (χ0v) is 30.0. The van der Waals surface area contributed by atoms with Crippen LogP contribution in [0.3, 0.4) is 0 Å². The van der Waals surface area contributed by atoms with Crippen molar-refractivity contribution in [2.75, 3.05) is 66.5 Å². The highest BCUT2D eigenvalue weighted by Crippen LogP contribution is 2.16. The smallest absolute Gasteiger partial charge is 0.0895 e. The standard InChI is InChI=1S/C8H17N.C7H15N.C7H17N.C6H15NO2.C5H13N.2CH4/c1-7(2)9-5-4-8(3)6-9;1-7(2)8-5-3-4-6-8;1-5-8(6-2)7(3)4;1-5(2)7-3-6(9)4-8;1-5(2)6(3)4;;/h7-8H,4-6H2,1-3H3;7H,3-6H2,1-2H3;7H,5-6H2,1-4H3;5-9H,3-4H2,1-2H3;5H,1-4H3;2*1H4. The van der Waals surface area contributed by atoms with Crippen LogP contribution in [-0.2, 0) is 0 Å². The Morgan fingerprint density at radius 1 is 0.762 bits per heavy atom. The Labute approximate surface area is 267 Å². The second-order valence-corrected chi connectivity index (χ2v) is 13.1. The van der Waals surface area contributed by atoms with Gasteiger partial charge in [0.2, 0.25) is 0 Å². The monoisotopic (exact) mass is 608 g/mol. The number of nitrogens with zero attached hydrogens (tertiary/aromatic N) is 4. The van der Waals surface area contributed by atoms with Crippen molar-refractivity contribution in [3.63, 3.8) is 0 Å². The minimum atomic E-state index is -0.618. The van der Waals surface area contributed by atoms with Gasteiger partial charge in [-0.3, -0.25) is 0 Å². The molecule has 0 aromatic rings. The van der Waals surface area contributed by atoms with Gasteiger partial charge in [-0.1, -0.05) is 49.5 Å². The van der Waals surface area contributed by atoms with Crippen molar-refractivity contribution in [2.24, 2.45) is 5.92 Å². The lowest BCUT2D eigenvalue weighted by Gasteiger charge is -2.21. The van der Waals surface area contributed by atoms with E-state index in [4.69, 9.17) is 10.2 Å². The van der Waals surface area contributed by atoms with Crippen LogP contribution in [0, 0.1) is 5.92 Å². The largest absolute Gasteiger partial charge is 0.394 e. The number of hydrogen-bond acceptors (Lipinski definition) is 7. The fourth-order valence-corrected chi connectivity index (χ4v) is 4.09. The van der Waals surface area contributed by atoms with Crippen LogP contribution in [0.1, 0.15) is 124 Å². The van der Waals surface area contributed by atoms with Crippen LogP contribution in [-0.4, -0.2) is 133 Å². The molecule has 0 aromatic heterocycles. The molecule has 42 heavy (non-hydrogen) atoms. The molecule has 0 spiro atoms. The van der Waals surface area contributed by atoms with Gasteiger partial charge < -0.3 is 35.1 Å². The lowest BCUT2D eigenvalue weighted by atomic mass is 10.2. The highest BCUT2D eigenvalue weighted by molar-refractivity contribution is 4.74. The highest BCUT2D eigenvalue weighted by Gasteiger charge is 2.19. The fraction of sp³-hybridized carbons (Fsp3) is 1.00. The molecule has 2 heterocycles. The van der Waals surface area contributed by atoms with Gasteiger partial charge in [-0.2, -0.15) is 0 Å². The molecule has 0 bridgehead atoms. The Morgan fingerprint density at radius 2 is 1.19 bits per heavy atom. The molecule has 7 heteroatoms. The van der Waals surface area contributed by atoms with Crippen LogP contribution >= 0.6 is 0 Å². The summed E-state index contributed by atoms with van der Waals surface area (Å²) in [6.45, 7) is 36.5. The van der Waals surface area contributed by atoms with Gasteiger partial charge in [-0.25, -0.2) is 0 Å². The van der Waals surface area contributed by atoms with Crippen molar-refractivity contribution < 1.29 is 10.2 Å². The SMILES string of the molecule is C.C.CC(C)N(C)C.CC(C)N1CCCC1.CC(C)NCC(O)CO.CC1CCN(C(C)C)C1.CCN(CC)C(C)C. The van der Waals surface area contributed by atoms with E-state index in [1.807, 2.05) is 13.8 Å². The molecule has 262 valence electrons. The third kappa shape index (κ3) is 32.6. The Bertz CT molecular complexity index is 494. The van der Waals surface area contributed by atoms with Crippen LogP contribution in [0.2, 0.25) is 0 Å². The van der Waals surface area contributed by atoms with E-state index in [9.17, 15) is 0 Å². The second-order valence-electron chi connectivity index (χ2n) is 13.1. The quantitative estimate of drug-likeness (QED) is 0.261. The third-order valence-corrected chi connectivity index (χ3v) is 7.60. The van der Waals surface area contributed by atoms with Crippen molar-refractivity contribution in [2.45, 2.75) is 160 Å². The van der Waals surface area contributed by atoms with Crippen LogP contribution in [0.5, 0.6) is 0 Å². The topological polar surface area (TPSA) is 65.5 Å². The van der Waals surface area contributed by atoms with Gasteiger partial charge in [0.05, 0.1) is 12.7 Å². The molecule has 2 atom stereocenters. The van der Waals surface area contributed by atoms with E-state index < -0.39 is 6.10 Å². The van der Waals surface area contributed by atoms with Gasteiger partial charge in [0, 0.05) is 43.3 Å². The molecule has 3 N–H and O–H groups in total. The summed E-state index contributed by atoms with van der Waals surface area (Å²) in [5.41, 5.74) is 0. The maximum Gasteiger partial charge on any atom is 0.0895 e. The normalized spacial score (nSPS) is 17.6. The Kier molecular flexibility index (Phi) is 39.2.